The summed E-state index contributed by atoms with van der Waals surface area (Å²) in [6, 6.07) is 15.1. The van der Waals surface area contributed by atoms with Gasteiger partial charge in [0.15, 0.2) is 11.6 Å². The molecule has 27 heavy (non-hydrogen) atoms. The Morgan fingerprint density at radius 2 is 1.44 bits per heavy atom. The quantitative estimate of drug-likeness (QED) is 0.255. The molecule has 0 aliphatic carbocycles. The summed E-state index contributed by atoms with van der Waals surface area (Å²) < 4.78 is 28.6. The molecule has 0 bridgehead atoms. The van der Waals surface area contributed by atoms with Crippen LogP contribution in [-0.4, -0.2) is 12.6 Å². The molecule has 0 saturated heterocycles. The van der Waals surface area contributed by atoms with E-state index in [9.17, 15) is 13.6 Å². The Hall–Kier alpha value is -3.01. The minimum atomic E-state index is -0.799. The van der Waals surface area contributed by atoms with Gasteiger partial charge in [0.25, 0.3) is 0 Å². The molecule has 0 atom stereocenters. The number of esters is 1. The minimum absolute atomic E-state index is 0.330. The summed E-state index contributed by atoms with van der Waals surface area (Å²) in [5.41, 5.74) is 1.17. The number of hydrogen-bond acceptors (Lipinski definition) is 2. The first kappa shape index (κ1) is 26.2. The van der Waals surface area contributed by atoms with E-state index in [1.807, 2.05) is 43.3 Å². The maximum atomic E-state index is 11.9. The first-order valence-electron chi connectivity index (χ1n) is 8.41. The van der Waals surface area contributed by atoms with Gasteiger partial charge in [0.2, 0.25) is 0 Å². The van der Waals surface area contributed by atoms with Gasteiger partial charge in [0, 0.05) is 6.08 Å². The van der Waals surface area contributed by atoms with Crippen molar-refractivity contribution in [1.29, 1.82) is 0 Å². The van der Waals surface area contributed by atoms with Gasteiger partial charge in [0.1, 0.15) is 0 Å². The van der Waals surface area contributed by atoms with E-state index < -0.39 is 11.6 Å². The summed E-state index contributed by atoms with van der Waals surface area (Å²) in [5.74, 6) is -1.93. The molecule has 0 N–H and O–H groups in total. The Labute approximate surface area is 161 Å². The molecule has 2 nitrogen and oxygen atoms in total. The standard InChI is InChI=1S/C8H8.C7H12O2.C6H4F2.C2H4/c1-2-8-6-4-3-5-7-8;1-3-5-6-9-7(8)4-2;7-5-3-1-2-4-6(5)8;1-2/h2-7H,1H2;4H,2-3,5-6H2,1H3;1-4H;1-2H2. The fourth-order valence-corrected chi connectivity index (χ4v) is 1.40. The lowest BCUT2D eigenvalue weighted by Crippen LogP contribution is -2.00. The smallest absolute Gasteiger partial charge is 0.330 e. The van der Waals surface area contributed by atoms with Gasteiger partial charge in [-0.05, 0) is 24.1 Å². The molecular weight excluding hydrogens is 346 g/mol. The maximum absolute atomic E-state index is 11.9. The molecule has 0 heterocycles. The number of carbonyl (C=O) groups is 1. The second-order valence-corrected chi connectivity index (χ2v) is 4.75. The highest BCUT2D eigenvalue weighted by atomic mass is 19.2. The molecule has 0 fully saturated rings. The third kappa shape index (κ3) is 16.2. The number of unbranched alkanes of at least 4 members (excludes halogenated alkanes) is 1. The zero-order valence-corrected chi connectivity index (χ0v) is 15.9. The zero-order valence-electron chi connectivity index (χ0n) is 15.9. The summed E-state index contributed by atoms with van der Waals surface area (Å²) in [6.07, 6.45) is 4.99. The number of halogens is 2. The van der Waals surface area contributed by atoms with Crippen LogP contribution >= 0.6 is 0 Å². The first-order chi connectivity index (χ1) is 13.0. The van der Waals surface area contributed by atoms with Crippen molar-refractivity contribution in [1.82, 2.24) is 0 Å². The highest BCUT2D eigenvalue weighted by Gasteiger charge is 1.93. The number of hydrogen-bond donors (Lipinski definition) is 0. The van der Waals surface area contributed by atoms with E-state index in [0.29, 0.717) is 6.61 Å². The summed E-state index contributed by atoms with van der Waals surface area (Å²) in [5, 5.41) is 0. The Kier molecular flexibility index (Phi) is 18.8. The lowest BCUT2D eigenvalue weighted by atomic mass is 10.2. The Balaban J connectivity index is 0. The van der Waals surface area contributed by atoms with Crippen LogP contribution in [0.5, 0.6) is 0 Å². The van der Waals surface area contributed by atoms with Crippen molar-refractivity contribution in [3.8, 4) is 0 Å². The van der Waals surface area contributed by atoms with Gasteiger partial charge in [-0.3, -0.25) is 0 Å². The zero-order chi connectivity index (χ0) is 20.9. The maximum Gasteiger partial charge on any atom is 0.330 e. The van der Waals surface area contributed by atoms with E-state index in [0.717, 1.165) is 25.0 Å². The van der Waals surface area contributed by atoms with Gasteiger partial charge < -0.3 is 4.74 Å². The first-order valence-corrected chi connectivity index (χ1v) is 8.41. The number of ether oxygens (including phenoxy) is 1. The Morgan fingerprint density at radius 3 is 1.78 bits per heavy atom. The van der Waals surface area contributed by atoms with Crippen molar-refractivity contribution in [2.45, 2.75) is 19.8 Å². The van der Waals surface area contributed by atoms with E-state index >= 15 is 0 Å². The van der Waals surface area contributed by atoms with E-state index in [-0.39, 0.29) is 5.97 Å². The van der Waals surface area contributed by atoms with Crippen molar-refractivity contribution in [2.75, 3.05) is 6.61 Å². The van der Waals surface area contributed by atoms with Crippen molar-refractivity contribution in [2.24, 2.45) is 0 Å². The van der Waals surface area contributed by atoms with E-state index in [2.05, 4.69) is 31.1 Å². The third-order valence-corrected chi connectivity index (χ3v) is 2.77. The molecule has 0 saturated carbocycles. The molecule has 0 unspecified atom stereocenters. The van der Waals surface area contributed by atoms with Crippen molar-refractivity contribution in [3.63, 3.8) is 0 Å². The predicted molar refractivity (Wildman–Crippen MR) is 110 cm³/mol. The van der Waals surface area contributed by atoms with Crippen LogP contribution in [0, 0.1) is 11.6 Å². The lowest BCUT2D eigenvalue weighted by molar-refractivity contribution is -0.137. The highest BCUT2D eigenvalue weighted by molar-refractivity contribution is 5.81. The monoisotopic (exact) mass is 374 g/mol. The van der Waals surface area contributed by atoms with Crippen LogP contribution in [0.4, 0.5) is 8.78 Å². The molecule has 0 spiro atoms. The van der Waals surface area contributed by atoms with Crippen LogP contribution in [0.2, 0.25) is 0 Å². The summed E-state index contributed by atoms with van der Waals surface area (Å²) >= 11 is 0. The van der Waals surface area contributed by atoms with Crippen molar-refractivity contribution >= 4 is 12.0 Å². The molecule has 0 aromatic heterocycles. The highest BCUT2D eigenvalue weighted by Crippen LogP contribution is 2.01. The molecule has 0 amide bonds. The summed E-state index contributed by atoms with van der Waals surface area (Å²) in [4.78, 5) is 10.3. The van der Waals surface area contributed by atoms with Gasteiger partial charge in [-0.15, -0.1) is 13.2 Å². The third-order valence-electron chi connectivity index (χ3n) is 2.77. The average molecular weight is 374 g/mol. The summed E-state index contributed by atoms with van der Waals surface area (Å²) in [7, 11) is 0. The molecule has 2 rings (SSSR count). The molecule has 0 radical (unpaired) electrons. The SMILES string of the molecule is C=C.C=CC(=O)OCCCC.C=Cc1ccccc1.Fc1ccccc1F. The Bertz CT molecular complexity index is 619. The van der Waals surface area contributed by atoms with Crippen LogP contribution in [0.15, 0.2) is 87.0 Å². The van der Waals surface area contributed by atoms with Gasteiger partial charge in [-0.25, -0.2) is 13.6 Å². The van der Waals surface area contributed by atoms with E-state index in [4.69, 9.17) is 0 Å². The van der Waals surface area contributed by atoms with Crippen LogP contribution in [0.25, 0.3) is 6.08 Å². The topological polar surface area (TPSA) is 26.3 Å². The fourth-order valence-electron chi connectivity index (χ4n) is 1.40. The van der Waals surface area contributed by atoms with Crippen molar-refractivity contribution < 1.29 is 18.3 Å². The molecule has 2 aromatic carbocycles. The largest absolute Gasteiger partial charge is 0.463 e. The van der Waals surface area contributed by atoms with Gasteiger partial charge in [0.05, 0.1) is 6.61 Å². The molecule has 2 aromatic rings. The van der Waals surface area contributed by atoms with Gasteiger partial charge in [-0.1, -0.05) is 75.0 Å². The molecule has 4 heteroatoms. The van der Waals surface area contributed by atoms with Gasteiger partial charge in [-0.2, -0.15) is 0 Å². The molecule has 0 aliphatic rings. The Morgan fingerprint density at radius 1 is 0.963 bits per heavy atom. The minimum Gasteiger partial charge on any atom is -0.463 e. The van der Waals surface area contributed by atoms with Crippen LogP contribution < -0.4 is 0 Å². The van der Waals surface area contributed by atoms with E-state index in [1.54, 1.807) is 0 Å². The fraction of sp³-hybridized carbons (Fsp3) is 0.174. The summed E-state index contributed by atoms with van der Waals surface area (Å²) in [6.45, 7) is 15.5. The lowest BCUT2D eigenvalue weighted by Gasteiger charge is -1.97. The number of benzene rings is 2. The molecule has 0 aliphatic heterocycles. The second kappa shape index (κ2) is 19.3. The number of rotatable bonds is 5. The predicted octanol–water partition coefficient (Wildman–Crippen LogP) is 6.61. The second-order valence-electron chi connectivity index (χ2n) is 4.75. The van der Waals surface area contributed by atoms with Crippen molar-refractivity contribution in [3.05, 3.63) is 104 Å². The van der Waals surface area contributed by atoms with Crippen LogP contribution in [0.3, 0.4) is 0 Å². The van der Waals surface area contributed by atoms with Gasteiger partial charge >= 0.3 is 5.97 Å². The normalized spacial score (nSPS) is 8.26. The number of carbonyl (C=O) groups excluding carboxylic acids is 1. The average Bonchev–Trinajstić information content (AvgIpc) is 2.73. The van der Waals surface area contributed by atoms with Crippen LogP contribution in [-0.2, 0) is 9.53 Å². The van der Waals surface area contributed by atoms with E-state index in [1.165, 1.54) is 23.8 Å². The molecule has 146 valence electrons. The molecular formula is C23H28F2O2. The van der Waals surface area contributed by atoms with Crippen LogP contribution in [0.1, 0.15) is 25.3 Å².